The molecule has 0 amide bonds. The molecule has 0 bridgehead atoms. The first-order valence-electron chi connectivity index (χ1n) is 6.70. The summed E-state index contributed by atoms with van der Waals surface area (Å²) < 4.78 is 12.1. The average molecular weight is 538 g/mol. The lowest BCUT2D eigenvalue weighted by Crippen LogP contribution is -2.06. The number of nitrogens with one attached hydrogen (secondary N) is 1. The molecule has 0 spiro atoms. The molecule has 0 aliphatic rings. The van der Waals surface area contributed by atoms with Crippen molar-refractivity contribution in [3.05, 3.63) is 48.6 Å². The summed E-state index contributed by atoms with van der Waals surface area (Å²) in [6.07, 6.45) is 1.73. The summed E-state index contributed by atoms with van der Waals surface area (Å²) in [7, 11) is 3.22. The average Bonchev–Trinajstić information content (AvgIpc) is 2.56. The highest BCUT2D eigenvalue weighted by Gasteiger charge is 2.05. The van der Waals surface area contributed by atoms with Crippen LogP contribution in [-0.4, -0.2) is 25.5 Å². The van der Waals surface area contributed by atoms with Crippen LogP contribution in [0.25, 0.3) is 0 Å². The molecule has 0 heterocycles. The van der Waals surface area contributed by atoms with Crippen molar-refractivity contribution < 1.29 is 14.6 Å². The van der Waals surface area contributed by atoms with Gasteiger partial charge in [-0.15, -0.1) is 0 Å². The van der Waals surface area contributed by atoms with Crippen LogP contribution < -0.4 is 14.9 Å². The largest absolute Gasteiger partial charge is 0.506 e. The number of phenolic OH excluding ortho intramolecular Hbond substituents is 1. The van der Waals surface area contributed by atoms with E-state index in [4.69, 9.17) is 9.47 Å². The lowest BCUT2D eigenvalue weighted by Gasteiger charge is -2.09. The fourth-order valence-corrected chi connectivity index (χ4v) is 3.72. The molecule has 5 nitrogen and oxygen atoms in total. The van der Waals surface area contributed by atoms with Crippen LogP contribution in [0.4, 0.5) is 0 Å². The van der Waals surface area contributed by atoms with E-state index in [9.17, 15) is 5.11 Å². The van der Waals surface area contributed by atoms with Crippen molar-refractivity contribution in [1.82, 2.24) is 5.43 Å². The molecule has 2 rings (SSSR count). The van der Waals surface area contributed by atoms with E-state index in [0.29, 0.717) is 23.8 Å². The van der Waals surface area contributed by atoms with Crippen LogP contribution >= 0.6 is 45.2 Å². The van der Waals surface area contributed by atoms with E-state index in [1.54, 1.807) is 20.4 Å². The third kappa shape index (κ3) is 4.87. The maximum Gasteiger partial charge on any atom is 0.161 e. The molecule has 0 atom stereocenters. The number of hydrogen-bond acceptors (Lipinski definition) is 5. The Labute approximate surface area is 162 Å². The van der Waals surface area contributed by atoms with Gasteiger partial charge in [0.1, 0.15) is 5.75 Å². The van der Waals surface area contributed by atoms with Gasteiger partial charge in [0.2, 0.25) is 0 Å². The molecular weight excluding hydrogens is 522 g/mol. The Morgan fingerprint density at radius 3 is 2.35 bits per heavy atom. The quantitative estimate of drug-likeness (QED) is 0.335. The molecule has 2 N–H and O–H groups in total. The van der Waals surface area contributed by atoms with Crippen LogP contribution in [0.15, 0.2) is 35.4 Å². The topological polar surface area (TPSA) is 63.1 Å². The summed E-state index contributed by atoms with van der Waals surface area (Å²) in [6.45, 7) is 0.573. The van der Waals surface area contributed by atoms with Crippen molar-refractivity contribution in [1.29, 1.82) is 0 Å². The van der Waals surface area contributed by atoms with Gasteiger partial charge in [-0.25, -0.2) is 0 Å². The summed E-state index contributed by atoms with van der Waals surface area (Å²) in [5.41, 5.74) is 4.96. The molecule has 2 aromatic rings. The fraction of sp³-hybridized carbons (Fsp3) is 0.188. The number of hydrogen-bond donors (Lipinski definition) is 2. The van der Waals surface area contributed by atoms with Gasteiger partial charge >= 0.3 is 0 Å². The number of rotatable bonds is 6. The van der Waals surface area contributed by atoms with Crippen molar-refractivity contribution >= 4 is 51.4 Å². The predicted octanol–water partition coefficient (Wildman–Crippen LogP) is 3.74. The zero-order chi connectivity index (χ0) is 16.8. The Hall–Kier alpha value is -1.23. The minimum atomic E-state index is 0.307. The number of benzene rings is 2. The minimum Gasteiger partial charge on any atom is -0.506 e. The van der Waals surface area contributed by atoms with Crippen molar-refractivity contribution in [3.8, 4) is 17.2 Å². The van der Waals surface area contributed by atoms with Gasteiger partial charge in [0, 0.05) is 0 Å². The van der Waals surface area contributed by atoms with Crippen LogP contribution in [0.3, 0.4) is 0 Å². The Morgan fingerprint density at radius 2 is 1.74 bits per heavy atom. The van der Waals surface area contributed by atoms with Gasteiger partial charge in [0.25, 0.3) is 0 Å². The number of nitrogens with zero attached hydrogens (tertiary/aromatic N) is 1. The molecule has 0 radical (unpaired) electrons. The van der Waals surface area contributed by atoms with Gasteiger partial charge in [-0.2, -0.15) is 5.10 Å². The number of ether oxygens (including phenoxy) is 2. The van der Waals surface area contributed by atoms with E-state index in [1.165, 1.54) is 0 Å². The van der Waals surface area contributed by atoms with Gasteiger partial charge in [-0.3, -0.25) is 0 Å². The third-order valence-corrected chi connectivity index (χ3v) is 4.72. The lowest BCUT2D eigenvalue weighted by atomic mass is 10.2. The van der Waals surface area contributed by atoms with E-state index in [0.717, 1.165) is 18.3 Å². The molecule has 0 unspecified atom stereocenters. The SMILES string of the molecule is COc1ccc(CN/N=C\c2cc(I)c(O)c(I)c2)cc1OC. The van der Waals surface area contributed by atoms with Gasteiger partial charge in [0.05, 0.1) is 34.1 Å². The molecule has 122 valence electrons. The van der Waals surface area contributed by atoms with Gasteiger partial charge < -0.3 is 20.0 Å². The molecule has 0 aromatic heterocycles. The highest BCUT2D eigenvalue weighted by molar-refractivity contribution is 14.1. The second-order valence-corrected chi connectivity index (χ2v) is 6.94. The normalized spacial score (nSPS) is 10.8. The molecule has 0 fully saturated rings. The number of hydrazone groups is 1. The first-order chi connectivity index (χ1) is 11.0. The summed E-state index contributed by atoms with van der Waals surface area (Å²) in [4.78, 5) is 0. The van der Waals surface area contributed by atoms with Crippen molar-refractivity contribution in [3.63, 3.8) is 0 Å². The summed E-state index contributed by atoms with van der Waals surface area (Å²) in [5, 5.41) is 14.0. The standard InChI is InChI=1S/C16H16I2N2O3/c1-22-14-4-3-10(7-15(14)23-2)8-19-20-9-11-5-12(17)16(21)13(18)6-11/h3-7,9,19,21H,8H2,1-2H3/b20-9-. The Morgan fingerprint density at radius 1 is 1.09 bits per heavy atom. The number of phenols is 1. The second-order valence-electron chi connectivity index (χ2n) is 4.62. The maximum absolute atomic E-state index is 9.75. The van der Waals surface area contributed by atoms with Crippen LogP contribution in [0.1, 0.15) is 11.1 Å². The molecule has 2 aromatic carbocycles. The number of methoxy groups -OCH3 is 2. The Balaban J connectivity index is 1.99. The van der Waals surface area contributed by atoms with E-state index in [2.05, 4.69) is 55.7 Å². The second kappa shape index (κ2) is 8.57. The number of halogens is 2. The first-order valence-corrected chi connectivity index (χ1v) is 8.85. The predicted molar refractivity (Wildman–Crippen MR) is 108 cm³/mol. The zero-order valence-corrected chi connectivity index (χ0v) is 17.0. The van der Waals surface area contributed by atoms with E-state index in [-0.39, 0.29) is 0 Å². The van der Waals surface area contributed by atoms with Crippen LogP contribution in [0.5, 0.6) is 17.2 Å². The highest BCUT2D eigenvalue weighted by Crippen LogP contribution is 2.28. The molecule has 0 saturated heterocycles. The zero-order valence-electron chi connectivity index (χ0n) is 12.6. The smallest absolute Gasteiger partial charge is 0.161 e. The van der Waals surface area contributed by atoms with E-state index < -0.39 is 0 Å². The number of aromatic hydroxyl groups is 1. The van der Waals surface area contributed by atoms with Crippen molar-refractivity contribution in [2.75, 3.05) is 14.2 Å². The molecule has 0 aliphatic carbocycles. The monoisotopic (exact) mass is 538 g/mol. The Kier molecular flexibility index (Phi) is 6.75. The van der Waals surface area contributed by atoms with Crippen molar-refractivity contribution in [2.24, 2.45) is 5.10 Å². The third-order valence-electron chi connectivity index (χ3n) is 3.08. The summed E-state index contributed by atoms with van der Waals surface area (Å²) >= 11 is 4.20. The minimum absolute atomic E-state index is 0.307. The van der Waals surface area contributed by atoms with Crippen LogP contribution in [-0.2, 0) is 6.54 Å². The first kappa shape index (κ1) is 18.1. The summed E-state index contributed by atoms with van der Waals surface area (Å²) in [6, 6.07) is 9.48. The van der Waals surface area contributed by atoms with Gasteiger partial charge in [-0.05, 0) is 80.6 Å². The van der Waals surface area contributed by atoms with Crippen LogP contribution in [0.2, 0.25) is 0 Å². The molecular formula is C16H16I2N2O3. The van der Waals surface area contributed by atoms with Gasteiger partial charge in [-0.1, -0.05) is 6.07 Å². The van der Waals surface area contributed by atoms with Crippen molar-refractivity contribution in [2.45, 2.75) is 6.54 Å². The lowest BCUT2D eigenvalue weighted by molar-refractivity contribution is 0.354. The summed E-state index contributed by atoms with van der Waals surface area (Å²) in [5.74, 6) is 1.70. The molecule has 0 aliphatic heterocycles. The van der Waals surface area contributed by atoms with E-state index >= 15 is 0 Å². The van der Waals surface area contributed by atoms with E-state index in [1.807, 2.05) is 30.3 Å². The molecule has 23 heavy (non-hydrogen) atoms. The van der Waals surface area contributed by atoms with Crippen LogP contribution in [0, 0.1) is 7.14 Å². The molecule has 7 heteroatoms. The Bertz CT molecular complexity index is 697. The fourth-order valence-electron chi connectivity index (χ4n) is 1.91. The highest BCUT2D eigenvalue weighted by atomic mass is 127. The molecule has 0 saturated carbocycles. The maximum atomic E-state index is 9.75. The van der Waals surface area contributed by atoms with Gasteiger partial charge in [0.15, 0.2) is 11.5 Å².